The van der Waals surface area contributed by atoms with Gasteiger partial charge in [0.05, 0.1) is 5.69 Å². The summed E-state index contributed by atoms with van der Waals surface area (Å²) in [4.78, 5) is 39.7. The van der Waals surface area contributed by atoms with Crippen molar-refractivity contribution in [3.05, 3.63) is 23.8 Å². The van der Waals surface area contributed by atoms with Crippen molar-refractivity contribution in [3.8, 4) is 5.75 Å². The molecule has 24 heavy (non-hydrogen) atoms. The summed E-state index contributed by atoms with van der Waals surface area (Å²) in [5.41, 5.74) is 1.04. The molecule has 1 N–H and O–H groups in total. The van der Waals surface area contributed by atoms with Crippen LogP contribution in [-0.4, -0.2) is 60.3 Å². The van der Waals surface area contributed by atoms with Crippen LogP contribution in [0.4, 0.5) is 5.69 Å². The molecule has 0 aromatic heterocycles. The van der Waals surface area contributed by atoms with Gasteiger partial charge >= 0.3 is 0 Å². The van der Waals surface area contributed by atoms with Crippen molar-refractivity contribution in [3.63, 3.8) is 0 Å². The molecule has 4 rings (SSSR count). The van der Waals surface area contributed by atoms with Crippen molar-refractivity contribution in [1.82, 2.24) is 9.80 Å². The number of fused-ring (bicyclic) bond motifs is 1. The number of rotatable bonds is 2. The van der Waals surface area contributed by atoms with E-state index in [4.69, 9.17) is 4.74 Å². The number of carbonyl (C=O) groups is 3. The van der Waals surface area contributed by atoms with Crippen LogP contribution in [0.1, 0.15) is 23.2 Å². The average Bonchev–Trinajstić information content (AvgIpc) is 3.45. The predicted molar refractivity (Wildman–Crippen MR) is 85.8 cm³/mol. The van der Waals surface area contributed by atoms with Crippen LogP contribution in [0, 0.1) is 5.92 Å². The summed E-state index contributed by atoms with van der Waals surface area (Å²) in [6.07, 6.45) is 2.00. The Labute approximate surface area is 139 Å². The molecule has 0 radical (unpaired) electrons. The lowest BCUT2D eigenvalue weighted by atomic mass is 10.1. The Kier molecular flexibility index (Phi) is 3.63. The number of hydrogen-bond donors (Lipinski definition) is 1. The topological polar surface area (TPSA) is 79.0 Å². The molecule has 7 nitrogen and oxygen atoms in total. The lowest BCUT2D eigenvalue weighted by Crippen LogP contribution is -2.51. The van der Waals surface area contributed by atoms with Crippen molar-refractivity contribution >= 4 is 23.4 Å². The van der Waals surface area contributed by atoms with Gasteiger partial charge in [0.1, 0.15) is 5.75 Å². The Morgan fingerprint density at radius 1 is 1.08 bits per heavy atom. The molecule has 2 fully saturated rings. The Hall–Kier alpha value is -2.57. The standard InChI is InChI=1S/C17H19N3O4/c21-15-10-24-14-4-3-12(9-13(14)18-15)17(23)20-7-5-19(6-8-20)16(22)11-1-2-11/h3-4,9,11H,1-2,5-8,10H2,(H,18,21). The van der Waals surface area contributed by atoms with E-state index in [9.17, 15) is 14.4 Å². The van der Waals surface area contributed by atoms with Crippen LogP contribution in [-0.2, 0) is 9.59 Å². The number of ether oxygens (including phenoxy) is 1. The number of piperazine rings is 1. The first-order chi connectivity index (χ1) is 11.6. The smallest absolute Gasteiger partial charge is 0.262 e. The second-order valence-corrected chi connectivity index (χ2v) is 6.44. The van der Waals surface area contributed by atoms with Gasteiger partial charge in [-0.3, -0.25) is 14.4 Å². The van der Waals surface area contributed by atoms with Crippen molar-refractivity contribution < 1.29 is 19.1 Å². The Morgan fingerprint density at radius 2 is 1.79 bits per heavy atom. The molecule has 2 aliphatic heterocycles. The van der Waals surface area contributed by atoms with Gasteiger partial charge in [-0.15, -0.1) is 0 Å². The third-order valence-electron chi connectivity index (χ3n) is 4.66. The zero-order valence-electron chi connectivity index (χ0n) is 13.3. The fourth-order valence-electron chi connectivity index (χ4n) is 3.12. The highest BCUT2D eigenvalue weighted by atomic mass is 16.5. The maximum absolute atomic E-state index is 12.7. The Balaban J connectivity index is 1.42. The second kappa shape index (κ2) is 5.81. The van der Waals surface area contributed by atoms with Crippen molar-refractivity contribution in [2.24, 2.45) is 5.92 Å². The average molecular weight is 329 g/mol. The summed E-state index contributed by atoms with van der Waals surface area (Å²) in [5, 5.41) is 2.71. The SMILES string of the molecule is O=C1COc2ccc(C(=O)N3CCN(C(=O)C4CC4)CC3)cc2N1. The van der Waals surface area contributed by atoms with Gasteiger partial charge in [0.25, 0.3) is 11.8 Å². The number of nitrogens with zero attached hydrogens (tertiary/aromatic N) is 2. The lowest BCUT2D eigenvalue weighted by molar-refractivity contribution is -0.134. The van der Waals surface area contributed by atoms with Gasteiger partial charge in [-0.2, -0.15) is 0 Å². The van der Waals surface area contributed by atoms with E-state index in [1.165, 1.54) is 0 Å². The summed E-state index contributed by atoms with van der Waals surface area (Å²) in [6.45, 7) is 2.25. The predicted octanol–water partition coefficient (Wildman–Crippen LogP) is 0.712. The van der Waals surface area contributed by atoms with Gasteiger partial charge in [0, 0.05) is 37.7 Å². The number of hydrogen-bond acceptors (Lipinski definition) is 4. The highest BCUT2D eigenvalue weighted by molar-refractivity contribution is 6.00. The first kappa shape index (κ1) is 15.0. The molecule has 1 aromatic rings. The van der Waals surface area contributed by atoms with Crippen LogP contribution >= 0.6 is 0 Å². The minimum absolute atomic E-state index is 0.00270. The Bertz CT molecular complexity index is 706. The van der Waals surface area contributed by atoms with Gasteiger partial charge in [0.15, 0.2) is 6.61 Å². The molecule has 3 aliphatic rings. The normalized spacial score (nSPS) is 20.1. The highest BCUT2D eigenvalue weighted by Gasteiger charge is 2.35. The number of anilines is 1. The summed E-state index contributed by atoms with van der Waals surface area (Å²) in [7, 11) is 0. The summed E-state index contributed by atoms with van der Waals surface area (Å²) in [6, 6.07) is 5.06. The third kappa shape index (κ3) is 2.81. The van der Waals surface area contributed by atoms with E-state index in [2.05, 4.69) is 5.32 Å². The molecular weight excluding hydrogens is 310 g/mol. The number of nitrogens with one attached hydrogen (secondary N) is 1. The molecule has 7 heteroatoms. The van der Waals surface area contributed by atoms with E-state index >= 15 is 0 Å². The zero-order chi connectivity index (χ0) is 16.7. The molecule has 3 amide bonds. The van der Waals surface area contributed by atoms with Gasteiger partial charge in [-0.1, -0.05) is 0 Å². The first-order valence-corrected chi connectivity index (χ1v) is 8.26. The summed E-state index contributed by atoms with van der Waals surface area (Å²) >= 11 is 0. The number of amides is 3. The molecule has 1 aliphatic carbocycles. The minimum atomic E-state index is -0.223. The quantitative estimate of drug-likeness (QED) is 0.867. The van der Waals surface area contributed by atoms with E-state index in [-0.39, 0.29) is 30.2 Å². The van der Waals surface area contributed by atoms with E-state index < -0.39 is 0 Å². The van der Waals surface area contributed by atoms with Crippen LogP contribution in [0.3, 0.4) is 0 Å². The molecule has 126 valence electrons. The Morgan fingerprint density at radius 3 is 2.50 bits per heavy atom. The molecule has 1 saturated carbocycles. The molecule has 0 unspecified atom stereocenters. The summed E-state index contributed by atoms with van der Waals surface area (Å²) < 4.78 is 5.30. The monoisotopic (exact) mass is 329 g/mol. The zero-order valence-corrected chi connectivity index (χ0v) is 13.3. The van der Waals surface area contributed by atoms with Gasteiger partial charge in [0.2, 0.25) is 5.91 Å². The second-order valence-electron chi connectivity index (χ2n) is 6.44. The van der Waals surface area contributed by atoms with E-state index in [1.54, 1.807) is 23.1 Å². The third-order valence-corrected chi connectivity index (χ3v) is 4.66. The van der Waals surface area contributed by atoms with E-state index in [0.29, 0.717) is 43.2 Å². The summed E-state index contributed by atoms with van der Waals surface area (Å²) in [5.74, 6) is 0.716. The van der Waals surface area contributed by atoms with E-state index in [0.717, 1.165) is 12.8 Å². The molecule has 0 atom stereocenters. The van der Waals surface area contributed by atoms with Crippen LogP contribution in [0.25, 0.3) is 0 Å². The molecule has 1 aromatic carbocycles. The number of carbonyl (C=O) groups excluding carboxylic acids is 3. The fourth-order valence-corrected chi connectivity index (χ4v) is 3.12. The largest absolute Gasteiger partial charge is 0.482 e. The first-order valence-electron chi connectivity index (χ1n) is 8.26. The van der Waals surface area contributed by atoms with Gasteiger partial charge in [-0.05, 0) is 31.0 Å². The fraction of sp³-hybridized carbons (Fsp3) is 0.471. The van der Waals surface area contributed by atoms with Crippen molar-refractivity contribution in [2.45, 2.75) is 12.8 Å². The molecule has 1 saturated heterocycles. The van der Waals surface area contributed by atoms with Crippen LogP contribution in [0.15, 0.2) is 18.2 Å². The maximum Gasteiger partial charge on any atom is 0.262 e. The molecule has 0 spiro atoms. The van der Waals surface area contributed by atoms with Crippen molar-refractivity contribution in [1.29, 1.82) is 0 Å². The van der Waals surface area contributed by atoms with Crippen LogP contribution < -0.4 is 10.1 Å². The highest BCUT2D eigenvalue weighted by Crippen LogP contribution is 2.32. The van der Waals surface area contributed by atoms with Gasteiger partial charge < -0.3 is 19.9 Å². The minimum Gasteiger partial charge on any atom is -0.482 e. The molecular formula is C17H19N3O4. The number of benzene rings is 1. The maximum atomic E-state index is 12.7. The van der Waals surface area contributed by atoms with Gasteiger partial charge in [-0.25, -0.2) is 0 Å². The molecule has 2 heterocycles. The van der Waals surface area contributed by atoms with Crippen molar-refractivity contribution in [2.75, 3.05) is 38.1 Å². The van der Waals surface area contributed by atoms with Crippen LogP contribution in [0.2, 0.25) is 0 Å². The van der Waals surface area contributed by atoms with Crippen LogP contribution in [0.5, 0.6) is 5.75 Å². The van der Waals surface area contributed by atoms with E-state index in [1.807, 2.05) is 4.90 Å². The molecule has 0 bridgehead atoms. The lowest BCUT2D eigenvalue weighted by Gasteiger charge is -2.35.